The Labute approximate surface area is 112 Å². The quantitative estimate of drug-likeness (QED) is 0.754. The molecule has 4 nitrogen and oxygen atoms in total. The second kappa shape index (κ2) is 7.43. The predicted octanol–water partition coefficient (Wildman–Crippen LogP) is 1.63. The van der Waals surface area contributed by atoms with Crippen LogP contribution in [0.25, 0.3) is 0 Å². The first-order valence-electron chi connectivity index (χ1n) is 7.12. The van der Waals surface area contributed by atoms with Gasteiger partial charge in [0.05, 0.1) is 12.7 Å². The average Bonchev–Trinajstić information content (AvgIpc) is 2.40. The number of ether oxygens (including phenoxy) is 2. The van der Waals surface area contributed by atoms with Crippen LogP contribution in [0.4, 0.5) is 0 Å². The Morgan fingerprint density at radius 1 is 1.44 bits per heavy atom. The number of rotatable bonds is 7. The van der Waals surface area contributed by atoms with Crippen LogP contribution in [0.15, 0.2) is 0 Å². The van der Waals surface area contributed by atoms with Crippen LogP contribution in [0.1, 0.15) is 39.5 Å². The average molecular weight is 258 g/mol. The molecule has 0 bridgehead atoms. The van der Waals surface area contributed by atoms with Gasteiger partial charge in [-0.25, -0.2) is 0 Å². The van der Waals surface area contributed by atoms with Gasteiger partial charge in [0, 0.05) is 32.3 Å². The smallest absolute Gasteiger partial charge is 0.0615 e. The molecule has 1 fully saturated rings. The van der Waals surface area contributed by atoms with E-state index in [1.54, 1.807) is 7.11 Å². The Bertz CT molecular complexity index is 238. The summed E-state index contributed by atoms with van der Waals surface area (Å²) in [6.45, 7) is 6.90. The first kappa shape index (κ1) is 15.9. The number of nitrogens with two attached hydrogens (primary N) is 1. The molecule has 4 heteroatoms. The largest absolute Gasteiger partial charge is 0.383 e. The molecule has 1 aliphatic carbocycles. The highest BCUT2D eigenvalue weighted by Gasteiger charge is 2.41. The third-order valence-electron chi connectivity index (χ3n) is 4.38. The highest BCUT2D eigenvalue weighted by molar-refractivity contribution is 4.98. The van der Waals surface area contributed by atoms with Crippen LogP contribution in [-0.4, -0.2) is 56.5 Å². The maximum absolute atomic E-state index is 6.13. The van der Waals surface area contributed by atoms with Crippen molar-refractivity contribution in [3.05, 3.63) is 0 Å². The Kier molecular flexibility index (Phi) is 6.57. The fraction of sp³-hybridized carbons (Fsp3) is 1.00. The monoisotopic (exact) mass is 258 g/mol. The number of methoxy groups -OCH3 is 2. The van der Waals surface area contributed by atoms with Crippen LogP contribution in [0.3, 0.4) is 0 Å². The van der Waals surface area contributed by atoms with Crippen molar-refractivity contribution in [3.8, 4) is 0 Å². The van der Waals surface area contributed by atoms with Crippen LogP contribution in [-0.2, 0) is 9.47 Å². The molecule has 0 aromatic heterocycles. The molecule has 0 radical (unpaired) electrons. The molecule has 0 aromatic carbocycles. The molecule has 1 saturated carbocycles. The second-order valence-corrected chi connectivity index (χ2v) is 5.47. The van der Waals surface area contributed by atoms with E-state index in [1.165, 1.54) is 12.8 Å². The van der Waals surface area contributed by atoms with Gasteiger partial charge in [-0.2, -0.15) is 0 Å². The zero-order chi connectivity index (χ0) is 13.6. The minimum absolute atomic E-state index is 0.0889. The summed E-state index contributed by atoms with van der Waals surface area (Å²) in [7, 11) is 3.57. The molecule has 1 aliphatic rings. The van der Waals surface area contributed by atoms with E-state index in [0.29, 0.717) is 18.7 Å². The summed E-state index contributed by atoms with van der Waals surface area (Å²) in [5.41, 5.74) is 6.22. The molecule has 108 valence electrons. The molecule has 0 amide bonds. The van der Waals surface area contributed by atoms with E-state index in [4.69, 9.17) is 15.2 Å². The molecule has 2 N–H and O–H groups in total. The molecule has 0 spiro atoms. The van der Waals surface area contributed by atoms with Crippen LogP contribution in [0.5, 0.6) is 0 Å². The Morgan fingerprint density at radius 2 is 2.17 bits per heavy atom. The molecule has 0 aromatic rings. The molecule has 3 unspecified atom stereocenters. The topological polar surface area (TPSA) is 47.7 Å². The Morgan fingerprint density at radius 3 is 2.67 bits per heavy atom. The van der Waals surface area contributed by atoms with Gasteiger partial charge in [-0.1, -0.05) is 6.92 Å². The third-order valence-corrected chi connectivity index (χ3v) is 4.38. The molecule has 18 heavy (non-hydrogen) atoms. The molecular formula is C14H30N2O2. The maximum atomic E-state index is 6.13. The summed E-state index contributed by atoms with van der Waals surface area (Å²) in [6.07, 6.45) is 4.93. The van der Waals surface area contributed by atoms with Crippen molar-refractivity contribution in [1.29, 1.82) is 0 Å². The summed E-state index contributed by atoms with van der Waals surface area (Å²) in [5, 5.41) is 0. The van der Waals surface area contributed by atoms with Crippen molar-refractivity contribution in [2.24, 2.45) is 5.73 Å². The van der Waals surface area contributed by atoms with Gasteiger partial charge in [0.15, 0.2) is 0 Å². The van der Waals surface area contributed by atoms with E-state index < -0.39 is 0 Å². The lowest BCUT2D eigenvalue weighted by molar-refractivity contribution is -0.0474. The van der Waals surface area contributed by atoms with E-state index in [9.17, 15) is 0 Å². The molecule has 0 heterocycles. The van der Waals surface area contributed by atoms with E-state index >= 15 is 0 Å². The second-order valence-electron chi connectivity index (χ2n) is 5.47. The minimum atomic E-state index is 0.0889. The zero-order valence-electron chi connectivity index (χ0n) is 12.4. The molecule has 0 aliphatic heterocycles. The van der Waals surface area contributed by atoms with Crippen LogP contribution >= 0.6 is 0 Å². The van der Waals surface area contributed by atoms with Crippen molar-refractivity contribution in [2.75, 3.05) is 33.9 Å². The summed E-state index contributed by atoms with van der Waals surface area (Å²) >= 11 is 0. The van der Waals surface area contributed by atoms with Gasteiger partial charge >= 0.3 is 0 Å². The zero-order valence-corrected chi connectivity index (χ0v) is 12.4. The number of hydrogen-bond acceptors (Lipinski definition) is 4. The van der Waals surface area contributed by atoms with Crippen molar-refractivity contribution in [3.63, 3.8) is 0 Å². The fourth-order valence-electron chi connectivity index (χ4n) is 3.50. The number of nitrogens with zero attached hydrogens (tertiary/aromatic N) is 1. The summed E-state index contributed by atoms with van der Waals surface area (Å²) in [6, 6.07) is 0.402. The lowest BCUT2D eigenvalue weighted by Crippen LogP contribution is -2.60. The van der Waals surface area contributed by atoms with Gasteiger partial charge < -0.3 is 15.2 Å². The van der Waals surface area contributed by atoms with E-state index in [1.807, 2.05) is 7.11 Å². The predicted molar refractivity (Wildman–Crippen MR) is 74.8 cm³/mol. The first-order valence-corrected chi connectivity index (χ1v) is 7.12. The summed E-state index contributed by atoms with van der Waals surface area (Å²) in [5.74, 6) is 0. The fourth-order valence-corrected chi connectivity index (χ4v) is 3.50. The third kappa shape index (κ3) is 3.44. The van der Waals surface area contributed by atoms with Gasteiger partial charge in [-0.05, 0) is 39.2 Å². The Balaban J connectivity index is 2.82. The normalized spacial score (nSPS) is 30.7. The van der Waals surface area contributed by atoms with Crippen molar-refractivity contribution < 1.29 is 9.47 Å². The van der Waals surface area contributed by atoms with Crippen LogP contribution < -0.4 is 5.73 Å². The van der Waals surface area contributed by atoms with E-state index in [0.717, 1.165) is 26.0 Å². The van der Waals surface area contributed by atoms with Gasteiger partial charge in [-0.15, -0.1) is 0 Å². The standard InChI is InChI=1S/C14H30N2O2/c1-5-16(12(2)10-17-3)14(11-15)8-6-7-13(9-14)18-4/h12-13H,5-11,15H2,1-4H3. The molecule has 1 rings (SSSR count). The van der Waals surface area contributed by atoms with Crippen LogP contribution in [0, 0.1) is 0 Å². The number of likely N-dealkylation sites (N-methyl/N-ethyl adjacent to an activating group) is 1. The number of hydrogen-bond donors (Lipinski definition) is 1. The Hall–Kier alpha value is -0.160. The van der Waals surface area contributed by atoms with Gasteiger partial charge in [0.25, 0.3) is 0 Å². The summed E-state index contributed by atoms with van der Waals surface area (Å²) < 4.78 is 10.9. The van der Waals surface area contributed by atoms with E-state index in [-0.39, 0.29) is 5.54 Å². The van der Waals surface area contributed by atoms with E-state index in [2.05, 4.69) is 18.7 Å². The van der Waals surface area contributed by atoms with Gasteiger partial charge in [0.1, 0.15) is 0 Å². The molecular weight excluding hydrogens is 228 g/mol. The lowest BCUT2D eigenvalue weighted by Gasteiger charge is -2.50. The van der Waals surface area contributed by atoms with Crippen molar-refractivity contribution >= 4 is 0 Å². The van der Waals surface area contributed by atoms with Crippen LogP contribution in [0.2, 0.25) is 0 Å². The maximum Gasteiger partial charge on any atom is 0.0615 e. The molecule has 3 atom stereocenters. The van der Waals surface area contributed by atoms with Crippen molar-refractivity contribution in [1.82, 2.24) is 4.90 Å². The molecule has 0 saturated heterocycles. The highest BCUT2D eigenvalue weighted by atomic mass is 16.5. The first-order chi connectivity index (χ1) is 8.63. The summed E-state index contributed by atoms with van der Waals surface area (Å²) in [4.78, 5) is 2.52. The van der Waals surface area contributed by atoms with Crippen molar-refractivity contribution in [2.45, 2.75) is 57.2 Å². The minimum Gasteiger partial charge on any atom is -0.383 e. The lowest BCUT2D eigenvalue weighted by atomic mass is 9.78. The van der Waals surface area contributed by atoms with Gasteiger partial charge in [0.2, 0.25) is 0 Å². The van der Waals surface area contributed by atoms with Gasteiger partial charge in [-0.3, -0.25) is 4.90 Å². The highest BCUT2D eigenvalue weighted by Crippen LogP contribution is 2.35. The SMILES string of the molecule is CCN(C(C)COC)C1(CN)CCCC(OC)C1.